The van der Waals surface area contributed by atoms with Crippen molar-refractivity contribution >= 4 is 6.09 Å². The number of amides is 1. The van der Waals surface area contributed by atoms with Gasteiger partial charge in [0.15, 0.2) is 11.4 Å². The van der Waals surface area contributed by atoms with Crippen LogP contribution < -0.4 is 4.74 Å². The van der Waals surface area contributed by atoms with Gasteiger partial charge in [0.25, 0.3) is 0 Å². The normalized spacial score (nSPS) is 19.0. The Kier molecular flexibility index (Phi) is 3.67. The van der Waals surface area contributed by atoms with E-state index in [2.05, 4.69) is 11.1 Å². The van der Waals surface area contributed by atoms with Gasteiger partial charge in [0.1, 0.15) is 17.3 Å². The van der Waals surface area contributed by atoms with Crippen molar-refractivity contribution in [1.29, 1.82) is 5.26 Å². The molecule has 0 radical (unpaired) electrons. The average molecular weight is 315 g/mol. The molecule has 0 atom stereocenters. The SMILES string of the molecule is CC(C)(C)OC(=O)N1CCC2(CC1)Cc1ccnc(C#N)c1O2. The van der Waals surface area contributed by atoms with Crippen LogP contribution in [0.15, 0.2) is 12.3 Å². The molecule has 0 aromatic carbocycles. The fourth-order valence-electron chi connectivity index (χ4n) is 3.12. The summed E-state index contributed by atoms with van der Waals surface area (Å²) in [6.07, 6.45) is 3.59. The van der Waals surface area contributed by atoms with Crippen molar-refractivity contribution in [2.75, 3.05) is 13.1 Å². The van der Waals surface area contributed by atoms with Crippen LogP contribution >= 0.6 is 0 Å². The highest BCUT2D eigenvalue weighted by atomic mass is 16.6. The lowest BCUT2D eigenvalue weighted by Gasteiger charge is -2.39. The van der Waals surface area contributed by atoms with Crippen LogP contribution in [0.5, 0.6) is 5.75 Å². The predicted molar refractivity (Wildman–Crippen MR) is 83.1 cm³/mol. The van der Waals surface area contributed by atoms with Crippen LogP contribution in [0.2, 0.25) is 0 Å². The summed E-state index contributed by atoms with van der Waals surface area (Å²) in [6.45, 7) is 6.78. The van der Waals surface area contributed by atoms with E-state index in [4.69, 9.17) is 14.7 Å². The lowest BCUT2D eigenvalue weighted by Crippen LogP contribution is -2.50. The Balaban J connectivity index is 1.67. The van der Waals surface area contributed by atoms with Gasteiger partial charge in [-0.3, -0.25) is 0 Å². The van der Waals surface area contributed by atoms with Crippen molar-refractivity contribution in [1.82, 2.24) is 9.88 Å². The Morgan fingerprint density at radius 2 is 2.13 bits per heavy atom. The van der Waals surface area contributed by atoms with Gasteiger partial charge in [-0.1, -0.05) is 0 Å². The molecule has 1 saturated heterocycles. The van der Waals surface area contributed by atoms with Crippen LogP contribution in [-0.2, 0) is 11.2 Å². The summed E-state index contributed by atoms with van der Waals surface area (Å²) >= 11 is 0. The maximum absolute atomic E-state index is 12.1. The van der Waals surface area contributed by atoms with Gasteiger partial charge in [0.2, 0.25) is 0 Å². The molecule has 0 aliphatic carbocycles. The van der Waals surface area contributed by atoms with Gasteiger partial charge in [-0.15, -0.1) is 0 Å². The Morgan fingerprint density at radius 1 is 1.43 bits per heavy atom. The first kappa shape index (κ1) is 15.6. The highest BCUT2D eigenvalue weighted by Crippen LogP contribution is 2.42. The molecular formula is C17H21N3O3. The molecular weight excluding hydrogens is 294 g/mol. The lowest BCUT2D eigenvalue weighted by molar-refractivity contribution is -0.00902. The highest BCUT2D eigenvalue weighted by Gasteiger charge is 2.44. The smallest absolute Gasteiger partial charge is 0.410 e. The van der Waals surface area contributed by atoms with Crippen LogP contribution in [-0.4, -0.2) is 40.3 Å². The zero-order valence-electron chi connectivity index (χ0n) is 13.8. The fraction of sp³-hybridized carbons (Fsp3) is 0.588. The molecule has 1 fully saturated rings. The number of fused-ring (bicyclic) bond motifs is 1. The van der Waals surface area contributed by atoms with Crippen molar-refractivity contribution in [3.05, 3.63) is 23.5 Å². The van der Waals surface area contributed by atoms with Crippen molar-refractivity contribution in [2.24, 2.45) is 0 Å². The summed E-state index contributed by atoms with van der Waals surface area (Å²) in [5.74, 6) is 0.612. The minimum Gasteiger partial charge on any atom is -0.483 e. The second-order valence-electron chi connectivity index (χ2n) is 7.19. The third kappa shape index (κ3) is 3.09. The number of hydrogen-bond donors (Lipinski definition) is 0. The molecule has 1 aromatic heterocycles. The third-order valence-corrected chi connectivity index (χ3v) is 4.25. The highest BCUT2D eigenvalue weighted by molar-refractivity contribution is 5.68. The van der Waals surface area contributed by atoms with Crippen molar-refractivity contribution in [2.45, 2.75) is 51.2 Å². The number of carbonyl (C=O) groups is 1. The monoisotopic (exact) mass is 315 g/mol. The predicted octanol–water partition coefficient (Wildman–Crippen LogP) is 2.66. The maximum Gasteiger partial charge on any atom is 0.410 e. The van der Waals surface area contributed by atoms with Gasteiger partial charge in [-0.2, -0.15) is 5.26 Å². The second kappa shape index (κ2) is 5.41. The molecule has 2 aliphatic heterocycles. The summed E-state index contributed by atoms with van der Waals surface area (Å²) in [4.78, 5) is 17.9. The minimum atomic E-state index is -0.486. The molecule has 3 heterocycles. The lowest BCUT2D eigenvalue weighted by atomic mass is 9.87. The van der Waals surface area contributed by atoms with Crippen molar-refractivity contribution in [3.63, 3.8) is 0 Å². The molecule has 23 heavy (non-hydrogen) atoms. The summed E-state index contributed by atoms with van der Waals surface area (Å²) in [6, 6.07) is 3.99. The molecule has 1 aromatic rings. The van der Waals surface area contributed by atoms with Crippen LogP contribution in [0.4, 0.5) is 4.79 Å². The number of nitriles is 1. The summed E-state index contributed by atoms with van der Waals surface area (Å²) < 4.78 is 11.5. The molecule has 3 rings (SSSR count). The zero-order chi connectivity index (χ0) is 16.7. The maximum atomic E-state index is 12.1. The minimum absolute atomic E-state index is 0.276. The molecule has 0 bridgehead atoms. The van der Waals surface area contributed by atoms with E-state index in [-0.39, 0.29) is 11.7 Å². The fourth-order valence-corrected chi connectivity index (χ4v) is 3.12. The standard InChI is InChI=1S/C17H21N3O3/c1-16(2,3)23-15(21)20-8-5-17(6-9-20)10-12-4-7-19-13(11-18)14(12)22-17/h4,7H,5-6,8-10H2,1-3H3. The van der Waals surface area contributed by atoms with E-state index >= 15 is 0 Å². The Hall–Kier alpha value is -2.29. The van der Waals surface area contributed by atoms with Crippen LogP contribution in [0.1, 0.15) is 44.9 Å². The summed E-state index contributed by atoms with van der Waals surface area (Å²) in [5, 5.41) is 9.15. The molecule has 1 amide bonds. The molecule has 122 valence electrons. The topological polar surface area (TPSA) is 75.5 Å². The molecule has 6 nitrogen and oxygen atoms in total. The largest absolute Gasteiger partial charge is 0.483 e. The Labute approximate surface area is 136 Å². The number of pyridine rings is 1. The van der Waals surface area contributed by atoms with Gasteiger partial charge in [0.05, 0.1) is 0 Å². The molecule has 6 heteroatoms. The van der Waals surface area contributed by atoms with E-state index in [1.165, 1.54) is 0 Å². The Morgan fingerprint density at radius 3 is 2.74 bits per heavy atom. The van der Waals surface area contributed by atoms with Gasteiger partial charge < -0.3 is 14.4 Å². The quantitative estimate of drug-likeness (QED) is 0.735. The first-order chi connectivity index (χ1) is 10.8. The number of carbonyl (C=O) groups excluding carboxylic acids is 1. The first-order valence-corrected chi connectivity index (χ1v) is 7.87. The summed E-state index contributed by atoms with van der Waals surface area (Å²) in [7, 11) is 0. The number of nitrogens with zero attached hydrogens (tertiary/aromatic N) is 3. The number of ether oxygens (including phenoxy) is 2. The second-order valence-corrected chi connectivity index (χ2v) is 7.19. The van der Waals surface area contributed by atoms with Crippen LogP contribution in [0.3, 0.4) is 0 Å². The van der Waals surface area contributed by atoms with Crippen LogP contribution in [0, 0.1) is 11.3 Å². The molecule has 0 N–H and O–H groups in total. The molecule has 0 unspecified atom stereocenters. The number of aromatic nitrogens is 1. The van der Waals surface area contributed by atoms with E-state index in [9.17, 15) is 4.79 Å². The third-order valence-electron chi connectivity index (χ3n) is 4.25. The van der Waals surface area contributed by atoms with E-state index in [0.29, 0.717) is 24.5 Å². The summed E-state index contributed by atoms with van der Waals surface area (Å²) in [5.41, 5.74) is 0.561. The van der Waals surface area contributed by atoms with Crippen molar-refractivity contribution < 1.29 is 14.3 Å². The zero-order valence-corrected chi connectivity index (χ0v) is 13.8. The number of piperidine rings is 1. The molecule has 2 aliphatic rings. The number of hydrogen-bond acceptors (Lipinski definition) is 5. The van der Waals surface area contributed by atoms with E-state index in [1.54, 1.807) is 11.1 Å². The average Bonchev–Trinajstić information content (AvgIpc) is 2.83. The van der Waals surface area contributed by atoms with Gasteiger partial charge in [-0.25, -0.2) is 9.78 Å². The Bertz CT molecular complexity index is 665. The van der Waals surface area contributed by atoms with Gasteiger partial charge in [-0.05, 0) is 26.8 Å². The van der Waals surface area contributed by atoms with E-state index in [1.807, 2.05) is 26.8 Å². The van der Waals surface area contributed by atoms with Gasteiger partial charge >= 0.3 is 6.09 Å². The molecule has 1 spiro atoms. The number of likely N-dealkylation sites (tertiary alicyclic amines) is 1. The first-order valence-electron chi connectivity index (χ1n) is 7.87. The molecule has 0 saturated carbocycles. The van der Waals surface area contributed by atoms with E-state index < -0.39 is 5.60 Å². The number of rotatable bonds is 0. The van der Waals surface area contributed by atoms with Crippen molar-refractivity contribution in [3.8, 4) is 11.8 Å². The van der Waals surface area contributed by atoms with Crippen LogP contribution in [0.25, 0.3) is 0 Å². The van der Waals surface area contributed by atoms with E-state index in [0.717, 1.165) is 24.8 Å². The van der Waals surface area contributed by atoms with Gasteiger partial charge in [0, 0.05) is 44.1 Å².